The maximum absolute atomic E-state index is 12.5. The number of amides is 1. The second kappa shape index (κ2) is 6.77. The fourth-order valence-corrected chi connectivity index (χ4v) is 3.84. The van der Waals surface area contributed by atoms with Crippen LogP contribution in [0.25, 0.3) is 21.8 Å². The van der Waals surface area contributed by atoms with Crippen LogP contribution in [-0.4, -0.2) is 23.5 Å². The van der Waals surface area contributed by atoms with Gasteiger partial charge < -0.3 is 9.64 Å². The van der Waals surface area contributed by atoms with Crippen molar-refractivity contribution in [2.75, 3.05) is 11.4 Å². The van der Waals surface area contributed by atoms with E-state index in [4.69, 9.17) is 9.72 Å². The zero-order valence-electron chi connectivity index (χ0n) is 14.4. The first-order valence-corrected chi connectivity index (χ1v) is 9.29. The van der Waals surface area contributed by atoms with Crippen LogP contribution in [0.2, 0.25) is 0 Å². The minimum absolute atomic E-state index is 0.0576. The van der Waals surface area contributed by atoms with E-state index >= 15 is 0 Å². The van der Waals surface area contributed by atoms with Gasteiger partial charge in [0.25, 0.3) is 5.91 Å². The predicted molar refractivity (Wildman–Crippen MR) is 106 cm³/mol. The van der Waals surface area contributed by atoms with Crippen molar-refractivity contribution in [3.8, 4) is 27.6 Å². The summed E-state index contributed by atoms with van der Waals surface area (Å²) >= 11 is 1.61. The topological polar surface area (TPSA) is 42.4 Å². The molecule has 4 nitrogen and oxygen atoms in total. The minimum Gasteiger partial charge on any atom is -0.479 e. The minimum atomic E-state index is -0.489. The smallest absolute Gasteiger partial charge is 0.268 e. The van der Waals surface area contributed by atoms with Crippen LogP contribution in [0.4, 0.5) is 5.69 Å². The van der Waals surface area contributed by atoms with E-state index in [9.17, 15) is 4.79 Å². The molecule has 5 heteroatoms. The molecule has 1 aromatic heterocycles. The van der Waals surface area contributed by atoms with E-state index in [0.29, 0.717) is 12.3 Å². The van der Waals surface area contributed by atoms with Crippen LogP contribution in [0, 0.1) is 0 Å². The summed E-state index contributed by atoms with van der Waals surface area (Å²) in [5.41, 5.74) is 3.71. The summed E-state index contributed by atoms with van der Waals surface area (Å²) in [5, 5.41) is 3.01. The molecule has 130 valence electrons. The number of ether oxygens (including phenoxy) is 1. The molecule has 2 aromatic carbocycles. The summed E-state index contributed by atoms with van der Waals surface area (Å²) in [5.74, 6) is 0.652. The first kappa shape index (κ1) is 16.5. The van der Waals surface area contributed by atoms with Crippen LogP contribution in [0.5, 0.6) is 5.75 Å². The SMILES string of the molecule is C=CCN1C(=O)C(C)Oc2ccc(-c3csc(-c4ccccc4)n3)cc21. The first-order chi connectivity index (χ1) is 12.7. The number of fused-ring (bicyclic) bond motifs is 1. The third kappa shape index (κ3) is 2.91. The van der Waals surface area contributed by atoms with E-state index in [1.54, 1.807) is 29.2 Å². The third-order valence-electron chi connectivity index (χ3n) is 4.30. The van der Waals surface area contributed by atoms with Gasteiger partial charge in [-0.15, -0.1) is 17.9 Å². The lowest BCUT2D eigenvalue weighted by Gasteiger charge is -2.32. The Bertz CT molecular complexity index is 965. The molecule has 1 unspecified atom stereocenters. The maximum atomic E-state index is 12.5. The number of anilines is 1. The van der Waals surface area contributed by atoms with Crippen molar-refractivity contribution >= 4 is 22.9 Å². The van der Waals surface area contributed by atoms with E-state index in [2.05, 4.69) is 18.7 Å². The molecule has 26 heavy (non-hydrogen) atoms. The zero-order chi connectivity index (χ0) is 18.1. The number of benzene rings is 2. The van der Waals surface area contributed by atoms with Crippen LogP contribution in [0.3, 0.4) is 0 Å². The molecule has 0 N–H and O–H groups in total. The number of carbonyl (C=O) groups excluding carboxylic acids is 1. The van der Waals surface area contributed by atoms with Gasteiger partial charge in [-0.3, -0.25) is 4.79 Å². The molecule has 0 saturated carbocycles. The summed E-state index contributed by atoms with van der Waals surface area (Å²) in [6.45, 7) is 5.98. The molecule has 0 bridgehead atoms. The molecule has 0 aliphatic carbocycles. The van der Waals surface area contributed by atoms with E-state index in [1.807, 2.05) is 41.8 Å². The molecule has 3 aromatic rings. The molecule has 1 amide bonds. The Morgan fingerprint density at radius 2 is 2.04 bits per heavy atom. The monoisotopic (exact) mass is 362 g/mol. The molecule has 0 saturated heterocycles. The summed E-state index contributed by atoms with van der Waals surface area (Å²) in [6, 6.07) is 16.0. The molecule has 1 aliphatic heterocycles. The highest BCUT2D eigenvalue weighted by atomic mass is 32.1. The number of hydrogen-bond donors (Lipinski definition) is 0. The quantitative estimate of drug-likeness (QED) is 0.628. The Kier molecular flexibility index (Phi) is 4.31. The average Bonchev–Trinajstić information content (AvgIpc) is 3.16. The maximum Gasteiger partial charge on any atom is 0.268 e. The van der Waals surface area contributed by atoms with Crippen LogP contribution in [0.15, 0.2) is 66.6 Å². The van der Waals surface area contributed by atoms with Gasteiger partial charge >= 0.3 is 0 Å². The van der Waals surface area contributed by atoms with E-state index in [0.717, 1.165) is 27.5 Å². The van der Waals surface area contributed by atoms with Crippen molar-refractivity contribution in [1.82, 2.24) is 4.98 Å². The normalized spacial score (nSPS) is 16.1. The number of thiazole rings is 1. The van der Waals surface area contributed by atoms with Gasteiger partial charge in [-0.25, -0.2) is 4.98 Å². The highest BCUT2D eigenvalue weighted by molar-refractivity contribution is 7.13. The fraction of sp³-hybridized carbons (Fsp3) is 0.143. The van der Waals surface area contributed by atoms with Crippen LogP contribution < -0.4 is 9.64 Å². The highest BCUT2D eigenvalue weighted by Gasteiger charge is 2.31. The van der Waals surface area contributed by atoms with Crippen LogP contribution in [-0.2, 0) is 4.79 Å². The molecule has 2 heterocycles. The largest absolute Gasteiger partial charge is 0.479 e. The van der Waals surface area contributed by atoms with Gasteiger partial charge in [0.1, 0.15) is 10.8 Å². The number of rotatable bonds is 4. The standard InChI is InChI=1S/C21H18N2O2S/c1-3-11-23-18-12-16(9-10-19(18)25-14(2)21(23)24)17-13-26-20(22-17)15-7-5-4-6-8-15/h3-10,12-14H,1,11H2,2H3. The van der Waals surface area contributed by atoms with Gasteiger partial charge in [-0.05, 0) is 25.1 Å². The van der Waals surface area contributed by atoms with Gasteiger partial charge in [-0.1, -0.05) is 36.4 Å². The van der Waals surface area contributed by atoms with Gasteiger partial charge in [0.2, 0.25) is 0 Å². The summed E-state index contributed by atoms with van der Waals surface area (Å²) in [6.07, 6.45) is 1.24. The fourth-order valence-electron chi connectivity index (χ4n) is 3.00. The second-order valence-electron chi connectivity index (χ2n) is 6.08. The summed E-state index contributed by atoms with van der Waals surface area (Å²) < 4.78 is 5.74. The number of aromatic nitrogens is 1. The van der Waals surface area contributed by atoms with Crippen molar-refractivity contribution in [1.29, 1.82) is 0 Å². The number of carbonyl (C=O) groups is 1. The Morgan fingerprint density at radius 3 is 2.81 bits per heavy atom. The van der Waals surface area contributed by atoms with E-state index in [1.165, 1.54) is 0 Å². The first-order valence-electron chi connectivity index (χ1n) is 8.41. The van der Waals surface area contributed by atoms with E-state index in [-0.39, 0.29) is 5.91 Å². The number of hydrogen-bond acceptors (Lipinski definition) is 4. The van der Waals surface area contributed by atoms with Crippen molar-refractivity contribution in [3.63, 3.8) is 0 Å². The molecular formula is C21H18N2O2S. The zero-order valence-corrected chi connectivity index (χ0v) is 15.2. The molecule has 0 radical (unpaired) electrons. The Morgan fingerprint density at radius 1 is 1.23 bits per heavy atom. The lowest BCUT2D eigenvalue weighted by molar-refractivity contribution is -0.125. The van der Waals surface area contributed by atoms with Gasteiger partial charge in [-0.2, -0.15) is 0 Å². The molecule has 0 fully saturated rings. The average molecular weight is 362 g/mol. The molecule has 0 spiro atoms. The van der Waals surface area contributed by atoms with Gasteiger partial charge in [0.15, 0.2) is 6.10 Å². The molecule has 1 atom stereocenters. The van der Waals surface area contributed by atoms with Crippen molar-refractivity contribution in [2.24, 2.45) is 0 Å². The second-order valence-corrected chi connectivity index (χ2v) is 6.94. The molecular weight excluding hydrogens is 344 g/mol. The Balaban J connectivity index is 1.72. The Hall–Kier alpha value is -2.92. The predicted octanol–water partition coefficient (Wildman–Crippen LogP) is 4.78. The number of nitrogens with zero attached hydrogens (tertiary/aromatic N) is 2. The van der Waals surface area contributed by atoms with Crippen LogP contribution >= 0.6 is 11.3 Å². The molecule has 4 rings (SSSR count). The summed E-state index contributed by atoms with van der Waals surface area (Å²) in [7, 11) is 0. The summed E-state index contributed by atoms with van der Waals surface area (Å²) in [4.78, 5) is 18.9. The third-order valence-corrected chi connectivity index (χ3v) is 5.19. The lowest BCUT2D eigenvalue weighted by Crippen LogP contribution is -2.44. The van der Waals surface area contributed by atoms with Gasteiger partial charge in [0.05, 0.1) is 11.4 Å². The van der Waals surface area contributed by atoms with Crippen molar-refractivity contribution in [2.45, 2.75) is 13.0 Å². The lowest BCUT2D eigenvalue weighted by atomic mass is 10.1. The van der Waals surface area contributed by atoms with E-state index < -0.39 is 6.10 Å². The van der Waals surface area contributed by atoms with Crippen molar-refractivity contribution < 1.29 is 9.53 Å². The molecule has 1 aliphatic rings. The highest BCUT2D eigenvalue weighted by Crippen LogP contribution is 2.38. The van der Waals surface area contributed by atoms with Crippen LogP contribution in [0.1, 0.15) is 6.92 Å². The Labute approximate surface area is 156 Å². The van der Waals surface area contributed by atoms with Crippen molar-refractivity contribution in [3.05, 3.63) is 66.6 Å². The van der Waals surface area contributed by atoms with Gasteiger partial charge in [0, 0.05) is 23.1 Å².